The van der Waals surface area contributed by atoms with E-state index in [0.717, 1.165) is 53.2 Å². The first-order valence-corrected chi connectivity index (χ1v) is 23.0. The molecule has 74 heavy (non-hydrogen) atoms. The van der Waals surface area contributed by atoms with Crippen molar-refractivity contribution in [3.63, 3.8) is 0 Å². The van der Waals surface area contributed by atoms with Crippen LogP contribution in [0.25, 0.3) is 10.9 Å². The number of nitrogens with two attached hydrogens (primary N) is 2. The van der Waals surface area contributed by atoms with E-state index in [1.54, 1.807) is 19.1 Å². The van der Waals surface area contributed by atoms with Crippen LogP contribution in [-0.4, -0.2) is 48.1 Å². The number of aryl methyl sites for hydroxylation is 3. The third kappa shape index (κ3) is 16.0. The summed E-state index contributed by atoms with van der Waals surface area (Å²) in [6, 6.07) is 34.2. The van der Waals surface area contributed by atoms with E-state index in [-0.39, 0.29) is 52.0 Å². The molecule has 0 radical (unpaired) electrons. The Morgan fingerprint density at radius 1 is 0.608 bits per heavy atom. The second kappa shape index (κ2) is 25.2. The number of pyridine rings is 2. The summed E-state index contributed by atoms with van der Waals surface area (Å²) in [6.07, 6.45) is -5.65. The lowest BCUT2D eigenvalue weighted by atomic mass is 10.1. The molecular weight excluding hydrogens is 1040 g/mol. The monoisotopic (exact) mass is 1080 g/mol. The molecular formula is C54H45BrF6N6O7. The summed E-state index contributed by atoms with van der Waals surface area (Å²) >= 11 is 3.12. The number of ether oxygens (including phenoxy) is 2. The molecule has 3 aromatic heterocycles. The number of hydrogen-bond donors (Lipinski definition) is 2. The smallest absolute Gasteiger partial charge is 0.421 e. The van der Waals surface area contributed by atoms with Crippen LogP contribution in [0.4, 0.5) is 32.0 Å². The molecule has 0 aliphatic heterocycles. The maximum Gasteiger partial charge on any atom is 0.421 e. The summed E-state index contributed by atoms with van der Waals surface area (Å²) in [5.41, 5.74) is 13.9. The Balaban J connectivity index is 0.000000205. The molecule has 0 saturated heterocycles. The summed E-state index contributed by atoms with van der Waals surface area (Å²) in [4.78, 5) is 68.9. The number of fused-ring (bicyclic) bond motifs is 1. The van der Waals surface area contributed by atoms with Crippen LogP contribution in [0.2, 0.25) is 0 Å². The Morgan fingerprint density at radius 2 is 1.05 bits per heavy atom. The van der Waals surface area contributed by atoms with Gasteiger partial charge in [-0.15, -0.1) is 0 Å². The van der Waals surface area contributed by atoms with Crippen molar-refractivity contribution in [2.24, 2.45) is 5.73 Å². The zero-order chi connectivity index (χ0) is 54.3. The number of anilines is 1. The van der Waals surface area contributed by atoms with Gasteiger partial charge in [0.05, 0.1) is 34.7 Å². The number of carbonyl (C=O) groups excluding carboxylic acids is 4. The van der Waals surface area contributed by atoms with Crippen molar-refractivity contribution in [3.05, 3.63) is 213 Å². The summed E-state index contributed by atoms with van der Waals surface area (Å²) in [5.74, 6) is -2.02. The van der Waals surface area contributed by atoms with Crippen molar-refractivity contribution >= 4 is 55.8 Å². The second-order valence-corrected chi connectivity index (χ2v) is 16.6. The zero-order valence-corrected chi connectivity index (χ0v) is 41.4. The fraction of sp³-hybridized carbons (Fsp3) is 0.148. The summed E-state index contributed by atoms with van der Waals surface area (Å²) in [5, 5.41) is 0.502. The summed E-state index contributed by atoms with van der Waals surface area (Å²) in [6.45, 7) is 7.43. The number of primary amides is 1. The fourth-order valence-corrected chi connectivity index (χ4v) is 6.71. The number of amides is 1. The van der Waals surface area contributed by atoms with Gasteiger partial charge in [-0.3, -0.25) is 24.0 Å². The van der Waals surface area contributed by atoms with E-state index in [4.69, 9.17) is 20.9 Å². The minimum atomic E-state index is -4.65. The molecule has 3 heterocycles. The maximum absolute atomic E-state index is 13.2. The molecule has 20 heteroatoms. The molecule has 5 aromatic carbocycles. The van der Waals surface area contributed by atoms with Crippen LogP contribution in [0, 0.1) is 20.8 Å². The van der Waals surface area contributed by atoms with Gasteiger partial charge >= 0.3 is 12.4 Å². The van der Waals surface area contributed by atoms with Gasteiger partial charge in [-0.25, -0.2) is 9.97 Å². The second-order valence-electron chi connectivity index (χ2n) is 16.0. The molecule has 0 atom stereocenters. The first-order valence-electron chi connectivity index (χ1n) is 21.9. The van der Waals surface area contributed by atoms with E-state index in [0.29, 0.717) is 16.4 Å². The summed E-state index contributed by atoms with van der Waals surface area (Å²) < 4.78 is 89.9. The van der Waals surface area contributed by atoms with Crippen LogP contribution in [-0.2, 0) is 18.9 Å². The van der Waals surface area contributed by atoms with E-state index >= 15 is 0 Å². The minimum Gasteiger partial charge on any atom is -0.438 e. The number of nitrogen functional groups attached to an aromatic ring is 1. The molecule has 0 unspecified atom stereocenters. The van der Waals surface area contributed by atoms with Crippen molar-refractivity contribution in [2.75, 3.05) is 11.1 Å². The van der Waals surface area contributed by atoms with Gasteiger partial charge in [-0.2, -0.15) is 31.3 Å². The van der Waals surface area contributed by atoms with E-state index in [1.165, 1.54) is 58.6 Å². The van der Waals surface area contributed by atoms with Gasteiger partial charge in [0.25, 0.3) is 11.5 Å². The SMILES string of the molecule is CC(=O)c1ccc(C)cc1.Cc1ccc(C(=O)CBr)cc1.Cc1ccc(C(=O)Cn2cnc(=O)c3cc(Oc4ncccc4C(F)(F)F)ccc32)cc1.NC(=O)c1cc(Oc2ncccc2C(F)(F)F)ccc1N. The zero-order valence-electron chi connectivity index (χ0n) is 39.8. The van der Waals surface area contributed by atoms with Gasteiger partial charge in [0, 0.05) is 34.8 Å². The number of Topliss-reactive ketones (excluding diaryl/α,β-unsaturated/α-hetero) is 3. The molecule has 8 rings (SSSR count). The van der Waals surface area contributed by atoms with Gasteiger partial charge < -0.3 is 25.5 Å². The first-order chi connectivity index (χ1) is 34.9. The van der Waals surface area contributed by atoms with Crippen molar-refractivity contribution < 1.29 is 55.0 Å². The highest BCUT2D eigenvalue weighted by atomic mass is 79.9. The Kier molecular flexibility index (Phi) is 19.2. The standard InChI is InChI=1S/C23H16F3N3O3.C13H10F3N3O2.C9H9BrO.C9H10O/c1-14-4-6-15(7-5-14)20(30)12-29-13-28-21(31)17-11-16(8-9-19(17)29)32-22-18(23(24,25)26)3-2-10-27-22;14-13(15,16)9-2-1-5-19-12(9)21-7-3-4-10(17)8(6-7)11(18)20;1-7-2-4-8(5-3-7)9(11)6-10;1-7-3-5-9(6-4-7)8(2)10/h2-11,13H,12H2,1H3;1-6H,17H2,(H2,18,20);2-5H,6H2,1H3;3-6H,1-2H3. The van der Waals surface area contributed by atoms with Gasteiger partial charge in [0.2, 0.25) is 11.8 Å². The van der Waals surface area contributed by atoms with Crippen LogP contribution in [0.1, 0.15) is 76.2 Å². The molecule has 1 amide bonds. The number of nitrogens with zero attached hydrogens (tertiary/aromatic N) is 4. The van der Waals surface area contributed by atoms with Gasteiger partial charge in [0.1, 0.15) is 22.6 Å². The Hall–Kier alpha value is -8.52. The van der Waals surface area contributed by atoms with E-state index in [1.807, 2.05) is 81.4 Å². The van der Waals surface area contributed by atoms with Crippen molar-refractivity contribution in [1.82, 2.24) is 19.5 Å². The average molecular weight is 1080 g/mol. The average Bonchev–Trinajstić information content (AvgIpc) is 3.36. The largest absolute Gasteiger partial charge is 0.438 e. The lowest BCUT2D eigenvalue weighted by Crippen LogP contribution is -2.17. The third-order valence-corrected chi connectivity index (χ3v) is 10.8. The highest BCUT2D eigenvalue weighted by Crippen LogP contribution is 2.38. The number of carbonyl (C=O) groups is 4. The molecule has 0 aliphatic carbocycles. The molecule has 4 N–H and O–H groups in total. The van der Waals surface area contributed by atoms with E-state index in [9.17, 15) is 50.3 Å². The van der Waals surface area contributed by atoms with Crippen LogP contribution < -0.4 is 26.5 Å². The van der Waals surface area contributed by atoms with Crippen molar-refractivity contribution in [2.45, 2.75) is 46.6 Å². The maximum atomic E-state index is 13.2. The predicted molar refractivity (Wildman–Crippen MR) is 270 cm³/mol. The van der Waals surface area contributed by atoms with Crippen LogP contribution in [0.5, 0.6) is 23.3 Å². The first kappa shape index (κ1) is 56.4. The highest BCUT2D eigenvalue weighted by molar-refractivity contribution is 9.09. The normalized spacial score (nSPS) is 10.9. The molecule has 0 spiro atoms. The number of benzene rings is 5. The predicted octanol–water partition coefficient (Wildman–Crippen LogP) is 12.1. The lowest BCUT2D eigenvalue weighted by Gasteiger charge is -2.13. The Labute approximate surface area is 428 Å². The Bertz CT molecular complexity index is 3330. The van der Waals surface area contributed by atoms with Gasteiger partial charge in [0.15, 0.2) is 17.3 Å². The van der Waals surface area contributed by atoms with Crippen LogP contribution in [0.3, 0.4) is 0 Å². The molecule has 0 bridgehead atoms. The highest BCUT2D eigenvalue weighted by Gasteiger charge is 2.36. The fourth-order valence-electron chi connectivity index (χ4n) is 6.38. The van der Waals surface area contributed by atoms with Crippen molar-refractivity contribution in [1.29, 1.82) is 0 Å². The lowest BCUT2D eigenvalue weighted by molar-refractivity contribution is -0.139. The molecule has 0 fully saturated rings. The number of alkyl halides is 7. The Morgan fingerprint density at radius 3 is 1.50 bits per heavy atom. The topological polar surface area (TPSA) is 199 Å². The number of ketones is 3. The van der Waals surface area contributed by atoms with Gasteiger partial charge in [-0.05, 0) is 88.4 Å². The van der Waals surface area contributed by atoms with Crippen LogP contribution in [0.15, 0.2) is 157 Å². The third-order valence-electron chi connectivity index (χ3n) is 10.3. The summed E-state index contributed by atoms with van der Waals surface area (Å²) in [7, 11) is 0. The van der Waals surface area contributed by atoms with E-state index in [2.05, 4.69) is 30.9 Å². The molecule has 0 aliphatic rings. The van der Waals surface area contributed by atoms with Crippen LogP contribution >= 0.6 is 15.9 Å². The molecule has 382 valence electrons. The quantitative estimate of drug-likeness (QED) is 0.0540. The molecule has 0 saturated carbocycles. The molecule has 8 aromatic rings. The minimum absolute atomic E-state index is 0.0109. The number of halogens is 7. The van der Waals surface area contributed by atoms with Gasteiger partial charge in [-0.1, -0.05) is 105 Å². The number of aromatic nitrogens is 4. The van der Waals surface area contributed by atoms with E-state index < -0.39 is 46.7 Å². The molecule has 13 nitrogen and oxygen atoms in total. The number of hydrogen-bond acceptors (Lipinski definition) is 11. The number of rotatable bonds is 11. The van der Waals surface area contributed by atoms with Crippen molar-refractivity contribution in [3.8, 4) is 23.3 Å².